The summed E-state index contributed by atoms with van der Waals surface area (Å²) in [6, 6.07) is 14.8. The van der Waals surface area contributed by atoms with Crippen molar-refractivity contribution in [2.75, 3.05) is 6.61 Å². The van der Waals surface area contributed by atoms with Crippen LogP contribution in [0.5, 0.6) is 11.5 Å². The van der Waals surface area contributed by atoms with Crippen LogP contribution in [0.2, 0.25) is 0 Å². The van der Waals surface area contributed by atoms with Crippen LogP contribution in [-0.2, 0) is 10.1 Å². The summed E-state index contributed by atoms with van der Waals surface area (Å²) in [5, 5.41) is 0.600. The average Bonchev–Trinajstić information content (AvgIpc) is 2.48. The van der Waals surface area contributed by atoms with Crippen molar-refractivity contribution in [1.82, 2.24) is 0 Å². The van der Waals surface area contributed by atoms with Crippen LogP contribution in [0.25, 0.3) is 0 Å². The molecule has 0 spiro atoms. The summed E-state index contributed by atoms with van der Waals surface area (Å²) in [6.45, 7) is 2.12. The number of carbonyl (C=O) groups is 1. The molecule has 2 aromatic carbocycles. The van der Waals surface area contributed by atoms with Crippen molar-refractivity contribution in [3.8, 4) is 11.5 Å². The average molecular weight is 335 g/mol. The highest BCUT2D eigenvalue weighted by Gasteiger charge is 2.17. The maximum Gasteiger partial charge on any atom is 0.341 e. The van der Waals surface area contributed by atoms with Gasteiger partial charge in [0.2, 0.25) is 0 Å². The van der Waals surface area contributed by atoms with Gasteiger partial charge in [0.15, 0.2) is 0 Å². The number of benzene rings is 2. The molecule has 0 radical (unpaired) electrons. The molecule has 0 atom stereocenters. The third-order valence-electron chi connectivity index (χ3n) is 2.70. The van der Waals surface area contributed by atoms with E-state index < -0.39 is 0 Å². The largest absolute Gasteiger partial charge is 0.462 e. The molecule has 3 nitrogen and oxygen atoms in total. The van der Waals surface area contributed by atoms with E-state index in [0.717, 1.165) is 5.56 Å². The zero-order valence-corrected chi connectivity index (χ0v) is 12.7. The highest BCUT2D eigenvalue weighted by atomic mass is 79.9. The number of ether oxygens (including phenoxy) is 2. The van der Waals surface area contributed by atoms with Gasteiger partial charge in [-0.1, -0.05) is 46.3 Å². The number of para-hydroxylation sites is 2. The van der Waals surface area contributed by atoms with Crippen LogP contribution in [0.3, 0.4) is 0 Å². The van der Waals surface area contributed by atoms with Crippen molar-refractivity contribution in [3.63, 3.8) is 0 Å². The molecule has 20 heavy (non-hydrogen) atoms. The van der Waals surface area contributed by atoms with Crippen molar-refractivity contribution in [1.29, 1.82) is 0 Å². The molecule has 4 heteroatoms. The van der Waals surface area contributed by atoms with Crippen LogP contribution < -0.4 is 4.74 Å². The Labute approximate surface area is 126 Å². The molecule has 0 heterocycles. The maximum absolute atomic E-state index is 12.0. The van der Waals surface area contributed by atoms with Crippen LogP contribution >= 0.6 is 15.9 Å². The summed E-state index contributed by atoms with van der Waals surface area (Å²) in [7, 11) is 0. The lowest BCUT2D eigenvalue weighted by Gasteiger charge is -2.13. The van der Waals surface area contributed by atoms with Crippen LogP contribution in [0.15, 0.2) is 48.5 Å². The number of halogens is 1. The SMILES string of the molecule is CCOC(=O)c1cccc(CBr)c1Oc1ccccc1. The number of rotatable bonds is 5. The number of carbonyl (C=O) groups excluding carboxylic acids is 1. The molecular weight excluding hydrogens is 320 g/mol. The Balaban J connectivity index is 2.40. The second-order valence-electron chi connectivity index (χ2n) is 4.06. The first-order valence-corrected chi connectivity index (χ1v) is 7.46. The molecule has 0 bridgehead atoms. The first-order valence-electron chi connectivity index (χ1n) is 6.34. The Morgan fingerprint density at radius 1 is 1.10 bits per heavy atom. The highest BCUT2D eigenvalue weighted by molar-refractivity contribution is 9.08. The Bertz CT molecular complexity index is 582. The Hall–Kier alpha value is -1.81. The van der Waals surface area contributed by atoms with E-state index in [1.54, 1.807) is 13.0 Å². The van der Waals surface area contributed by atoms with Gasteiger partial charge in [0.05, 0.1) is 6.61 Å². The topological polar surface area (TPSA) is 35.5 Å². The Morgan fingerprint density at radius 3 is 2.50 bits per heavy atom. The van der Waals surface area contributed by atoms with E-state index in [9.17, 15) is 4.79 Å². The monoisotopic (exact) mass is 334 g/mol. The predicted octanol–water partition coefficient (Wildman–Crippen LogP) is 4.55. The third kappa shape index (κ3) is 3.39. The molecule has 0 aliphatic carbocycles. The van der Waals surface area contributed by atoms with E-state index >= 15 is 0 Å². The van der Waals surface area contributed by atoms with Gasteiger partial charge in [0.25, 0.3) is 0 Å². The minimum absolute atomic E-state index is 0.335. The fourth-order valence-corrected chi connectivity index (χ4v) is 2.23. The lowest BCUT2D eigenvalue weighted by molar-refractivity contribution is 0.0523. The van der Waals surface area contributed by atoms with Gasteiger partial charge in [-0.15, -0.1) is 0 Å². The highest BCUT2D eigenvalue weighted by Crippen LogP contribution is 2.31. The van der Waals surface area contributed by atoms with Crippen LogP contribution in [-0.4, -0.2) is 12.6 Å². The van der Waals surface area contributed by atoms with E-state index in [-0.39, 0.29) is 5.97 Å². The van der Waals surface area contributed by atoms with E-state index in [2.05, 4.69) is 15.9 Å². The maximum atomic E-state index is 12.0. The molecule has 2 aromatic rings. The van der Waals surface area contributed by atoms with E-state index in [1.165, 1.54) is 0 Å². The summed E-state index contributed by atoms with van der Waals surface area (Å²) in [5.74, 6) is 0.849. The first-order chi connectivity index (χ1) is 9.76. The van der Waals surface area contributed by atoms with Gasteiger partial charge in [0.1, 0.15) is 17.1 Å². The van der Waals surface area contributed by atoms with E-state index in [0.29, 0.717) is 29.0 Å². The minimum Gasteiger partial charge on any atom is -0.462 e. The summed E-state index contributed by atoms with van der Waals surface area (Å²) in [5.41, 5.74) is 1.34. The lowest BCUT2D eigenvalue weighted by atomic mass is 10.1. The van der Waals surface area contributed by atoms with Crippen LogP contribution in [0.1, 0.15) is 22.8 Å². The molecule has 0 unspecified atom stereocenters. The number of alkyl halides is 1. The second-order valence-corrected chi connectivity index (χ2v) is 4.62. The van der Waals surface area contributed by atoms with Gasteiger partial charge >= 0.3 is 5.97 Å². The molecule has 0 saturated carbocycles. The quantitative estimate of drug-likeness (QED) is 0.594. The summed E-state index contributed by atoms with van der Waals surface area (Å²) in [4.78, 5) is 12.0. The van der Waals surface area contributed by atoms with Crippen molar-refractivity contribution >= 4 is 21.9 Å². The minimum atomic E-state index is -0.374. The molecule has 2 rings (SSSR count). The molecule has 0 N–H and O–H groups in total. The molecule has 104 valence electrons. The molecule has 0 amide bonds. The van der Waals surface area contributed by atoms with Gasteiger partial charge < -0.3 is 9.47 Å². The van der Waals surface area contributed by atoms with Gasteiger partial charge in [-0.25, -0.2) is 4.79 Å². The number of hydrogen-bond donors (Lipinski definition) is 0. The molecule has 0 saturated heterocycles. The summed E-state index contributed by atoms with van der Waals surface area (Å²) < 4.78 is 10.9. The summed E-state index contributed by atoms with van der Waals surface area (Å²) in [6.07, 6.45) is 0. The lowest BCUT2D eigenvalue weighted by Crippen LogP contribution is -2.07. The van der Waals surface area contributed by atoms with Gasteiger partial charge in [-0.05, 0) is 25.1 Å². The standard InChI is InChI=1S/C16H15BrO3/c1-2-19-16(18)14-10-6-7-12(11-17)15(14)20-13-8-4-3-5-9-13/h3-10H,2,11H2,1H3. The fourth-order valence-electron chi connectivity index (χ4n) is 1.79. The smallest absolute Gasteiger partial charge is 0.341 e. The van der Waals surface area contributed by atoms with Crippen molar-refractivity contribution in [2.24, 2.45) is 0 Å². The van der Waals surface area contributed by atoms with Crippen molar-refractivity contribution in [3.05, 3.63) is 59.7 Å². The zero-order valence-electron chi connectivity index (χ0n) is 11.1. The van der Waals surface area contributed by atoms with Gasteiger partial charge in [-0.2, -0.15) is 0 Å². The molecule has 0 aliphatic rings. The third-order valence-corrected chi connectivity index (χ3v) is 3.30. The van der Waals surface area contributed by atoms with E-state index in [4.69, 9.17) is 9.47 Å². The van der Waals surface area contributed by atoms with Gasteiger partial charge in [0, 0.05) is 10.9 Å². The van der Waals surface area contributed by atoms with Gasteiger partial charge in [-0.3, -0.25) is 0 Å². The summed E-state index contributed by atoms with van der Waals surface area (Å²) >= 11 is 3.41. The zero-order chi connectivity index (χ0) is 14.4. The molecule has 0 aromatic heterocycles. The first kappa shape index (κ1) is 14.6. The predicted molar refractivity (Wildman–Crippen MR) is 81.5 cm³/mol. The number of esters is 1. The van der Waals surface area contributed by atoms with Crippen LogP contribution in [0, 0.1) is 0 Å². The normalized spacial score (nSPS) is 10.1. The fraction of sp³-hybridized carbons (Fsp3) is 0.188. The second kappa shape index (κ2) is 7.10. The van der Waals surface area contributed by atoms with E-state index in [1.807, 2.05) is 42.5 Å². The van der Waals surface area contributed by atoms with Crippen LogP contribution in [0.4, 0.5) is 0 Å². The molecule has 0 aliphatic heterocycles. The Morgan fingerprint density at radius 2 is 1.85 bits per heavy atom. The molecular formula is C16H15BrO3. The molecule has 0 fully saturated rings. The Kier molecular flexibility index (Phi) is 5.18. The number of hydrogen-bond acceptors (Lipinski definition) is 3. The van der Waals surface area contributed by atoms with Crippen molar-refractivity contribution in [2.45, 2.75) is 12.3 Å². The van der Waals surface area contributed by atoms with Crippen molar-refractivity contribution < 1.29 is 14.3 Å².